The van der Waals surface area contributed by atoms with Gasteiger partial charge in [0.1, 0.15) is 0 Å². The van der Waals surface area contributed by atoms with E-state index in [9.17, 15) is 0 Å². The van der Waals surface area contributed by atoms with Gasteiger partial charge in [-0.25, -0.2) is 0 Å². The molecule has 1 unspecified atom stereocenters. The van der Waals surface area contributed by atoms with Crippen LogP contribution in [0.15, 0.2) is 0 Å². The van der Waals surface area contributed by atoms with Crippen LogP contribution in [0.1, 0.15) is 64.7 Å². The minimum atomic E-state index is 0.570. The molecular weight excluding hydrogens is 208 g/mol. The lowest BCUT2D eigenvalue weighted by Gasteiger charge is -2.30. The normalized spacial score (nSPS) is 31.6. The van der Waals surface area contributed by atoms with E-state index < -0.39 is 0 Å². The molecule has 0 aromatic rings. The van der Waals surface area contributed by atoms with Crippen molar-refractivity contribution in [3.63, 3.8) is 0 Å². The van der Waals surface area contributed by atoms with Crippen LogP contribution in [-0.2, 0) is 0 Å². The van der Waals surface area contributed by atoms with Crippen LogP contribution in [0.25, 0.3) is 0 Å². The molecule has 17 heavy (non-hydrogen) atoms. The molecule has 2 fully saturated rings. The fourth-order valence-corrected chi connectivity index (χ4v) is 3.62. The van der Waals surface area contributed by atoms with Crippen molar-refractivity contribution >= 4 is 0 Å². The van der Waals surface area contributed by atoms with Gasteiger partial charge in [-0.1, -0.05) is 39.0 Å². The van der Waals surface area contributed by atoms with Crippen molar-refractivity contribution in [3.05, 3.63) is 0 Å². The van der Waals surface area contributed by atoms with E-state index in [1.165, 1.54) is 77.4 Å². The van der Waals surface area contributed by atoms with Crippen molar-refractivity contribution in [3.8, 4) is 0 Å². The molecule has 1 heterocycles. The Balaban J connectivity index is 1.77. The van der Waals surface area contributed by atoms with Gasteiger partial charge in [-0.2, -0.15) is 0 Å². The van der Waals surface area contributed by atoms with Crippen molar-refractivity contribution in [2.75, 3.05) is 19.6 Å². The average Bonchev–Trinajstić information content (AvgIpc) is 2.64. The highest BCUT2D eigenvalue weighted by Gasteiger charge is 2.33. The summed E-state index contributed by atoms with van der Waals surface area (Å²) in [6.45, 7) is 6.04. The molecule has 0 aromatic carbocycles. The number of hydrogen-bond donors (Lipinski definition) is 2. The Morgan fingerprint density at radius 2 is 1.94 bits per heavy atom. The third-order valence-electron chi connectivity index (χ3n) is 4.73. The van der Waals surface area contributed by atoms with Crippen LogP contribution in [0.4, 0.5) is 0 Å². The third kappa shape index (κ3) is 3.96. The molecule has 1 aliphatic heterocycles. The van der Waals surface area contributed by atoms with Gasteiger partial charge in [-0.3, -0.25) is 0 Å². The molecule has 2 aliphatic rings. The van der Waals surface area contributed by atoms with E-state index in [1.807, 2.05) is 0 Å². The second-order valence-electron chi connectivity index (χ2n) is 6.25. The molecule has 2 N–H and O–H groups in total. The summed E-state index contributed by atoms with van der Waals surface area (Å²) < 4.78 is 0. The Labute approximate surface area is 107 Å². The second kappa shape index (κ2) is 6.75. The largest absolute Gasteiger partial charge is 0.316 e. The number of nitrogens with one attached hydrogen (secondary N) is 2. The molecule has 1 aliphatic carbocycles. The zero-order valence-corrected chi connectivity index (χ0v) is 11.6. The number of rotatable bonds is 5. The Bertz CT molecular complexity index is 201. The van der Waals surface area contributed by atoms with E-state index in [2.05, 4.69) is 17.6 Å². The van der Waals surface area contributed by atoms with E-state index in [0.29, 0.717) is 5.41 Å². The lowest BCUT2D eigenvalue weighted by atomic mass is 9.82. The topological polar surface area (TPSA) is 24.1 Å². The van der Waals surface area contributed by atoms with Gasteiger partial charge in [0.15, 0.2) is 0 Å². The van der Waals surface area contributed by atoms with Gasteiger partial charge < -0.3 is 10.6 Å². The predicted octanol–water partition coefficient (Wildman–Crippen LogP) is 3.08. The summed E-state index contributed by atoms with van der Waals surface area (Å²) in [6.07, 6.45) is 12.7. The molecule has 100 valence electrons. The summed E-state index contributed by atoms with van der Waals surface area (Å²) in [5.74, 6) is 0. The van der Waals surface area contributed by atoms with Crippen LogP contribution in [0.3, 0.4) is 0 Å². The average molecular weight is 238 g/mol. The van der Waals surface area contributed by atoms with Gasteiger partial charge in [-0.15, -0.1) is 0 Å². The Morgan fingerprint density at radius 3 is 2.53 bits per heavy atom. The molecule has 1 saturated carbocycles. The van der Waals surface area contributed by atoms with Gasteiger partial charge in [0.05, 0.1) is 0 Å². The lowest BCUT2D eigenvalue weighted by Crippen LogP contribution is -2.41. The molecule has 0 radical (unpaired) electrons. The fourth-order valence-electron chi connectivity index (χ4n) is 3.62. The van der Waals surface area contributed by atoms with Crippen LogP contribution in [0, 0.1) is 5.41 Å². The smallest absolute Gasteiger partial charge is 0.00673 e. The van der Waals surface area contributed by atoms with Gasteiger partial charge >= 0.3 is 0 Å². The molecule has 0 spiro atoms. The van der Waals surface area contributed by atoms with Crippen molar-refractivity contribution < 1.29 is 0 Å². The first-order valence-electron chi connectivity index (χ1n) is 7.79. The van der Waals surface area contributed by atoms with E-state index in [4.69, 9.17) is 0 Å². The first kappa shape index (κ1) is 13.4. The highest BCUT2D eigenvalue weighted by Crippen LogP contribution is 2.30. The molecule has 0 amide bonds. The van der Waals surface area contributed by atoms with E-state index in [-0.39, 0.29) is 0 Å². The van der Waals surface area contributed by atoms with Crippen molar-refractivity contribution in [1.82, 2.24) is 10.6 Å². The van der Waals surface area contributed by atoms with Gasteiger partial charge in [0, 0.05) is 19.1 Å². The molecule has 0 aromatic heterocycles. The summed E-state index contributed by atoms with van der Waals surface area (Å²) in [7, 11) is 0. The molecule has 2 rings (SSSR count). The summed E-state index contributed by atoms with van der Waals surface area (Å²) in [6, 6.07) is 0.812. The second-order valence-corrected chi connectivity index (χ2v) is 6.25. The van der Waals surface area contributed by atoms with E-state index in [0.717, 1.165) is 6.04 Å². The zero-order valence-electron chi connectivity index (χ0n) is 11.6. The first-order valence-corrected chi connectivity index (χ1v) is 7.79. The molecule has 2 nitrogen and oxygen atoms in total. The van der Waals surface area contributed by atoms with Crippen LogP contribution in [0.2, 0.25) is 0 Å². The Hall–Kier alpha value is -0.0800. The van der Waals surface area contributed by atoms with Crippen LogP contribution >= 0.6 is 0 Å². The van der Waals surface area contributed by atoms with Gasteiger partial charge in [0.25, 0.3) is 0 Å². The van der Waals surface area contributed by atoms with E-state index >= 15 is 0 Å². The molecule has 1 saturated heterocycles. The minimum absolute atomic E-state index is 0.570. The molecular formula is C15H30N2. The van der Waals surface area contributed by atoms with Crippen LogP contribution in [0.5, 0.6) is 0 Å². The minimum Gasteiger partial charge on any atom is -0.316 e. The highest BCUT2D eigenvalue weighted by molar-refractivity contribution is 4.90. The standard InChI is InChI=1S/C15H30N2/c1-2-9-15(10-11-16-12-15)13-17-14-7-5-3-4-6-8-14/h14,16-17H,2-13H2,1H3. The summed E-state index contributed by atoms with van der Waals surface area (Å²) in [5, 5.41) is 7.45. The SMILES string of the molecule is CCCC1(CNC2CCCCCC2)CCNC1. The fraction of sp³-hybridized carbons (Fsp3) is 1.00. The third-order valence-corrected chi connectivity index (χ3v) is 4.73. The quantitative estimate of drug-likeness (QED) is 0.719. The van der Waals surface area contributed by atoms with Crippen LogP contribution < -0.4 is 10.6 Å². The highest BCUT2D eigenvalue weighted by atomic mass is 15.0. The van der Waals surface area contributed by atoms with E-state index in [1.54, 1.807) is 0 Å². The Kier molecular flexibility index (Phi) is 5.30. The summed E-state index contributed by atoms with van der Waals surface area (Å²) in [4.78, 5) is 0. The summed E-state index contributed by atoms with van der Waals surface area (Å²) in [5.41, 5.74) is 0.570. The lowest BCUT2D eigenvalue weighted by molar-refractivity contribution is 0.257. The first-order chi connectivity index (χ1) is 8.35. The Morgan fingerprint density at radius 1 is 1.18 bits per heavy atom. The van der Waals surface area contributed by atoms with Gasteiger partial charge in [0.2, 0.25) is 0 Å². The van der Waals surface area contributed by atoms with Crippen LogP contribution in [-0.4, -0.2) is 25.7 Å². The molecule has 1 atom stereocenters. The maximum Gasteiger partial charge on any atom is 0.00673 e. The monoisotopic (exact) mass is 238 g/mol. The summed E-state index contributed by atoms with van der Waals surface area (Å²) >= 11 is 0. The zero-order chi connectivity index (χ0) is 12.0. The maximum atomic E-state index is 3.89. The maximum absolute atomic E-state index is 3.89. The van der Waals surface area contributed by atoms with Crippen molar-refractivity contribution in [2.24, 2.45) is 5.41 Å². The number of hydrogen-bond acceptors (Lipinski definition) is 2. The van der Waals surface area contributed by atoms with Crippen molar-refractivity contribution in [1.29, 1.82) is 0 Å². The molecule has 0 bridgehead atoms. The van der Waals surface area contributed by atoms with Gasteiger partial charge in [-0.05, 0) is 37.6 Å². The molecule has 2 heteroatoms. The van der Waals surface area contributed by atoms with Crippen molar-refractivity contribution in [2.45, 2.75) is 70.8 Å². The predicted molar refractivity (Wildman–Crippen MR) is 74.3 cm³/mol.